The molecule has 0 radical (unpaired) electrons. The van der Waals surface area contributed by atoms with E-state index in [1.165, 1.54) is 0 Å². The second kappa shape index (κ2) is 5.72. The van der Waals surface area contributed by atoms with Crippen molar-refractivity contribution in [1.29, 1.82) is 0 Å². The van der Waals surface area contributed by atoms with Crippen LogP contribution in [0.3, 0.4) is 0 Å². The van der Waals surface area contributed by atoms with Gasteiger partial charge in [0.05, 0.1) is 5.41 Å². The molecular weight excluding hydrogens is 256 g/mol. The van der Waals surface area contributed by atoms with Gasteiger partial charge in [-0.2, -0.15) is 0 Å². The number of likely N-dealkylation sites (tertiary alicyclic amines) is 1. The minimum absolute atomic E-state index is 0.217. The Bertz CT molecular complexity index is 381. The van der Waals surface area contributed by atoms with Crippen molar-refractivity contribution in [3.05, 3.63) is 0 Å². The molecule has 2 heterocycles. The smallest absolute Gasteiger partial charge is 0.309 e. The van der Waals surface area contributed by atoms with Gasteiger partial charge < -0.3 is 15.3 Å². The average molecular weight is 282 g/mol. The first-order valence-corrected chi connectivity index (χ1v) is 7.67. The summed E-state index contributed by atoms with van der Waals surface area (Å²) in [5, 5.41) is 12.7. The molecule has 5 nitrogen and oxygen atoms in total. The molecule has 2 aliphatic rings. The zero-order chi connectivity index (χ0) is 14.8. The van der Waals surface area contributed by atoms with Crippen molar-refractivity contribution in [3.8, 4) is 0 Å². The molecule has 2 fully saturated rings. The lowest BCUT2D eigenvalue weighted by Crippen LogP contribution is -2.52. The Kier molecular flexibility index (Phi) is 4.37. The molecule has 2 rings (SSSR count). The number of hydrogen-bond donors (Lipinski definition) is 2. The van der Waals surface area contributed by atoms with Gasteiger partial charge in [0.1, 0.15) is 0 Å². The minimum atomic E-state index is -0.708. The van der Waals surface area contributed by atoms with Crippen LogP contribution in [0.25, 0.3) is 0 Å². The summed E-state index contributed by atoms with van der Waals surface area (Å²) in [6.07, 6.45) is 3.56. The van der Waals surface area contributed by atoms with Crippen LogP contribution < -0.4 is 5.32 Å². The summed E-state index contributed by atoms with van der Waals surface area (Å²) in [4.78, 5) is 26.0. The molecule has 0 unspecified atom stereocenters. The van der Waals surface area contributed by atoms with Crippen molar-refractivity contribution in [3.63, 3.8) is 0 Å². The Balaban J connectivity index is 1.99. The summed E-state index contributed by atoms with van der Waals surface area (Å²) in [5.41, 5.74) is -0.882. The predicted octanol–water partition coefficient (Wildman–Crippen LogP) is 1.48. The molecule has 20 heavy (non-hydrogen) atoms. The van der Waals surface area contributed by atoms with E-state index in [1.54, 1.807) is 0 Å². The number of aliphatic carboxylic acids is 1. The van der Waals surface area contributed by atoms with Gasteiger partial charge in [-0.1, -0.05) is 13.8 Å². The number of carboxylic acids is 1. The average Bonchev–Trinajstić information content (AvgIpc) is 2.47. The van der Waals surface area contributed by atoms with Crippen molar-refractivity contribution in [2.24, 2.45) is 10.8 Å². The van der Waals surface area contributed by atoms with Crippen LogP contribution in [0.5, 0.6) is 0 Å². The monoisotopic (exact) mass is 282 g/mol. The lowest BCUT2D eigenvalue weighted by molar-refractivity contribution is -0.157. The zero-order valence-corrected chi connectivity index (χ0v) is 12.6. The maximum atomic E-state index is 12.7. The van der Waals surface area contributed by atoms with E-state index in [0.717, 1.165) is 25.9 Å². The van der Waals surface area contributed by atoms with Crippen LogP contribution in [0.4, 0.5) is 0 Å². The van der Waals surface area contributed by atoms with E-state index in [1.807, 2.05) is 11.8 Å². The number of nitrogens with zero attached hydrogens (tertiary/aromatic N) is 1. The first-order chi connectivity index (χ1) is 9.43. The summed E-state index contributed by atoms with van der Waals surface area (Å²) < 4.78 is 0. The molecule has 5 heteroatoms. The highest BCUT2D eigenvalue weighted by atomic mass is 16.4. The molecule has 0 aromatic heterocycles. The normalized spacial score (nSPS) is 25.2. The van der Waals surface area contributed by atoms with E-state index in [0.29, 0.717) is 32.4 Å². The molecule has 2 N–H and O–H groups in total. The topological polar surface area (TPSA) is 69.6 Å². The molecule has 2 aliphatic heterocycles. The van der Waals surface area contributed by atoms with Gasteiger partial charge in [-0.25, -0.2) is 0 Å². The highest BCUT2D eigenvalue weighted by Gasteiger charge is 2.44. The number of piperidine rings is 2. The van der Waals surface area contributed by atoms with Crippen LogP contribution >= 0.6 is 0 Å². The third-order valence-corrected chi connectivity index (χ3v) is 5.36. The van der Waals surface area contributed by atoms with Crippen LogP contribution in [-0.2, 0) is 9.59 Å². The summed E-state index contributed by atoms with van der Waals surface area (Å²) in [6, 6.07) is 0. The van der Waals surface area contributed by atoms with Crippen LogP contribution in [0.15, 0.2) is 0 Å². The van der Waals surface area contributed by atoms with E-state index in [9.17, 15) is 14.7 Å². The number of nitrogens with one attached hydrogen (secondary N) is 1. The standard InChI is InChI=1S/C15H26N2O3/c1-3-15(13(19)20)6-10-17(11-7-15)12(18)14(2)4-8-16-9-5-14/h16H,3-11H2,1-2H3,(H,19,20). The number of rotatable bonds is 3. The first kappa shape index (κ1) is 15.3. The molecular formula is C15H26N2O3. The van der Waals surface area contributed by atoms with Gasteiger partial charge in [-0.3, -0.25) is 9.59 Å². The molecule has 0 spiro atoms. The van der Waals surface area contributed by atoms with Gasteiger partial charge in [0.25, 0.3) is 0 Å². The second-order valence-corrected chi connectivity index (χ2v) is 6.54. The molecule has 1 amide bonds. The summed E-state index contributed by atoms with van der Waals surface area (Å²) >= 11 is 0. The lowest BCUT2D eigenvalue weighted by atomic mass is 9.74. The van der Waals surface area contributed by atoms with Gasteiger partial charge in [0, 0.05) is 18.5 Å². The van der Waals surface area contributed by atoms with Crippen molar-refractivity contribution in [2.75, 3.05) is 26.2 Å². The third kappa shape index (κ3) is 2.68. The number of carbonyl (C=O) groups is 2. The summed E-state index contributed by atoms with van der Waals surface area (Å²) in [5.74, 6) is -0.491. The Morgan fingerprint density at radius 2 is 1.70 bits per heavy atom. The number of amides is 1. The Hall–Kier alpha value is -1.10. The van der Waals surface area contributed by atoms with E-state index in [-0.39, 0.29) is 11.3 Å². The van der Waals surface area contributed by atoms with Gasteiger partial charge in [-0.05, 0) is 45.2 Å². The van der Waals surface area contributed by atoms with E-state index < -0.39 is 11.4 Å². The van der Waals surface area contributed by atoms with E-state index >= 15 is 0 Å². The van der Waals surface area contributed by atoms with Crippen molar-refractivity contribution >= 4 is 11.9 Å². The van der Waals surface area contributed by atoms with Crippen LogP contribution in [0.2, 0.25) is 0 Å². The summed E-state index contributed by atoms with van der Waals surface area (Å²) in [6.45, 7) is 6.94. The molecule has 0 aromatic rings. The van der Waals surface area contributed by atoms with Crippen molar-refractivity contribution in [2.45, 2.75) is 46.0 Å². The van der Waals surface area contributed by atoms with Crippen molar-refractivity contribution in [1.82, 2.24) is 10.2 Å². The fourth-order valence-electron chi connectivity index (χ4n) is 3.43. The van der Waals surface area contributed by atoms with E-state index in [4.69, 9.17) is 0 Å². The highest BCUT2D eigenvalue weighted by Crippen LogP contribution is 2.38. The Labute approximate surface area is 120 Å². The predicted molar refractivity (Wildman–Crippen MR) is 76.4 cm³/mol. The Morgan fingerprint density at radius 3 is 2.15 bits per heavy atom. The largest absolute Gasteiger partial charge is 0.481 e. The Morgan fingerprint density at radius 1 is 1.15 bits per heavy atom. The van der Waals surface area contributed by atoms with Gasteiger partial charge in [0.15, 0.2) is 0 Å². The molecule has 0 atom stereocenters. The maximum absolute atomic E-state index is 12.7. The van der Waals surface area contributed by atoms with Crippen LogP contribution in [0.1, 0.15) is 46.0 Å². The minimum Gasteiger partial charge on any atom is -0.481 e. The number of hydrogen-bond acceptors (Lipinski definition) is 3. The van der Waals surface area contributed by atoms with Gasteiger partial charge >= 0.3 is 5.97 Å². The van der Waals surface area contributed by atoms with Crippen molar-refractivity contribution < 1.29 is 14.7 Å². The van der Waals surface area contributed by atoms with Crippen LogP contribution in [-0.4, -0.2) is 48.1 Å². The molecule has 0 aromatic carbocycles. The first-order valence-electron chi connectivity index (χ1n) is 7.67. The third-order valence-electron chi connectivity index (χ3n) is 5.36. The zero-order valence-electron chi connectivity index (χ0n) is 12.6. The van der Waals surface area contributed by atoms with E-state index in [2.05, 4.69) is 12.2 Å². The highest BCUT2D eigenvalue weighted by molar-refractivity contribution is 5.83. The summed E-state index contributed by atoms with van der Waals surface area (Å²) in [7, 11) is 0. The van der Waals surface area contributed by atoms with Gasteiger partial charge in [0.2, 0.25) is 5.91 Å². The number of carboxylic acid groups (broad SMARTS) is 1. The number of carbonyl (C=O) groups excluding carboxylic acids is 1. The van der Waals surface area contributed by atoms with Gasteiger partial charge in [-0.15, -0.1) is 0 Å². The molecule has 0 aliphatic carbocycles. The SMILES string of the molecule is CCC1(C(=O)O)CCN(C(=O)C2(C)CCNCC2)CC1. The molecule has 114 valence electrons. The quantitative estimate of drug-likeness (QED) is 0.822. The lowest BCUT2D eigenvalue weighted by Gasteiger charge is -2.43. The second-order valence-electron chi connectivity index (χ2n) is 6.54. The molecule has 0 bridgehead atoms. The fourth-order valence-corrected chi connectivity index (χ4v) is 3.43. The molecule has 2 saturated heterocycles. The fraction of sp³-hybridized carbons (Fsp3) is 0.867. The van der Waals surface area contributed by atoms with Crippen LogP contribution in [0, 0.1) is 10.8 Å². The maximum Gasteiger partial charge on any atom is 0.309 e. The molecule has 0 saturated carbocycles.